The lowest BCUT2D eigenvalue weighted by molar-refractivity contribution is -0.117. The number of nitrogens with zero attached hydrogens (tertiary/aromatic N) is 4. The van der Waals surface area contributed by atoms with E-state index in [1.54, 1.807) is 10.9 Å². The van der Waals surface area contributed by atoms with Crippen molar-refractivity contribution in [2.45, 2.75) is 13.3 Å². The SMILES string of the molecule is C[C@@H]1C[C@H]1C(=O)Nc1snc(-c2ccc3nn(C)cc3c2)c1-c1ccccn1.Cl. The fourth-order valence-electron chi connectivity index (χ4n) is 3.51. The lowest BCUT2D eigenvalue weighted by Gasteiger charge is -2.07. The third-order valence-electron chi connectivity index (χ3n) is 5.19. The van der Waals surface area contributed by atoms with Crippen LogP contribution in [0, 0.1) is 11.8 Å². The molecule has 4 aromatic rings. The molecule has 1 amide bonds. The maximum Gasteiger partial charge on any atom is 0.228 e. The fourth-order valence-corrected chi connectivity index (χ4v) is 4.33. The molecule has 2 atom stereocenters. The second-order valence-electron chi connectivity index (χ2n) is 7.34. The Labute approximate surface area is 178 Å². The number of hydrogen-bond donors (Lipinski definition) is 1. The Kier molecular flexibility index (Phi) is 5.10. The van der Waals surface area contributed by atoms with E-state index in [1.165, 1.54) is 11.5 Å². The highest BCUT2D eigenvalue weighted by molar-refractivity contribution is 7.11. The molecule has 3 heterocycles. The minimum atomic E-state index is 0. The predicted molar refractivity (Wildman–Crippen MR) is 118 cm³/mol. The first kappa shape index (κ1) is 19.5. The van der Waals surface area contributed by atoms with Crippen molar-refractivity contribution in [3.63, 3.8) is 0 Å². The monoisotopic (exact) mass is 425 g/mol. The molecule has 5 rings (SSSR count). The van der Waals surface area contributed by atoms with Crippen molar-refractivity contribution < 1.29 is 4.79 Å². The number of aryl methyl sites for hydroxylation is 1. The minimum absolute atomic E-state index is 0. The average molecular weight is 426 g/mol. The molecular formula is C21H20ClN5OS. The Morgan fingerprint density at radius 1 is 1.28 bits per heavy atom. The van der Waals surface area contributed by atoms with Gasteiger partial charge >= 0.3 is 0 Å². The highest BCUT2D eigenvalue weighted by Crippen LogP contribution is 2.43. The number of carbonyl (C=O) groups is 1. The third-order valence-corrected chi connectivity index (χ3v) is 5.95. The average Bonchev–Trinajstić information content (AvgIpc) is 3.11. The van der Waals surface area contributed by atoms with Crippen LogP contribution in [0.5, 0.6) is 0 Å². The number of carbonyl (C=O) groups excluding carboxylic acids is 1. The molecule has 1 N–H and O–H groups in total. The first-order chi connectivity index (χ1) is 13.6. The van der Waals surface area contributed by atoms with E-state index < -0.39 is 0 Å². The summed E-state index contributed by atoms with van der Waals surface area (Å²) < 4.78 is 6.49. The second-order valence-corrected chi connectivity index (χ2v) is 8.11. The normalized spacial score (nSPS) is 17.7. The van der Waals surface area contributed by atoms with Gasteiger partial charge in [-0.2, -0.15) is 9.47 Å². The molecule has 6 nitrogen and oxygen atoms in total. The highest BCUT2D eigenvalue weighted by atomic mass is 35.5. The molecule has 0 bridgehead atoms. The summed E-state index contributed by atoms with van der Waals surface area (Å²) in [5, 5.41) is 9.34. The predicted octanol–water partition coefficient (Wildman–Crippen LogP) is 4.78. The zero-order chi connectivity index (χ0) is 19.3. The molecule has 1 fully saturated rings. The first-order valence-corrected chi connectivity index (χ1v) is 10.0. The molecule has 148 valence electrons. The molecule has 0 unspecified atom stereocenters. The zero-order valence-corrected chi connectivity index (χ0v) is 17.6. The number of halogens is 1. The van der Waals surface area contributed by atoms with Crippen molar-refractivity contribution in [2.75, 3.05) is 5.32 Å². The van der Waals surface area contributed by atoms with Crippen molar-refractivity contribution in [2.24, 2.45) is 18.9 Å². The lowest BCUT2D eigenvalue weighted by Crippen LogP contribution is -2.14. The number of amides is 1. The van der Waals surface area contributed by atoms with Crippen LogP contribution < -0.4 is 5.32 Å². The van der Waals surface area contributed by atoms with Gasteiger partial charge in [0.05, 0.1) is 22.5 Å². The van der Waals surface area contributed by atoms with E-state index in [0.717, 1.165) is 44.8 Å². The van der Waals surface area contributed by atoms with E-state index in [0.29, 0.717) is 5.92 Å². The summed E-state index contributed by atoms with van der Waals surface area (Å²) >= 11 is 1.31. The van der Waals surface area contributed by atoms with E-state index in [-0.39, 0.29) is 24.2 Å². The molecule has 1 aliphatic rings. The van der Waals surface area contributed by atoms with Gasteiger partial charge < -0.3 is 5.32 Å². The van der Waals surface area contributed by atoms with Gasteiger partial charge in [-0.1, -0.05) is 19.1 Å². The van der Waals surface area contributed by atoms with Crippen LogP contribution in [0.15, 0.2) is 48.8 Å². The quantitative estimate of drug-likeness (QED) is 0.511. The summed E-state index contributed by atoms with van der Waals surface area (Å²) in [4.78, 5) is 17.0. The molecule has 0 aliphatic heterocycles. The van der Waals surface area contributed by atoms with Gasteiger partial charge in [0, 0.05) is 36.3 Å². The molecule has 1 aromatic carbocycles. The van der Waals surface area contributed by atoms with Crippen molar-refractivity contribution in [1.82, 2.24) is 19.1 Å². The van der Waals surface area contributed by atoms with E-state index in [1.807, 2.05) is 43.6 Å². The number of benzene rings is 1. The third kappa shape index (κ3) is 3.63. The Hall–Kier alpha value is -2.77. The summed E-state index contributed by atoms with van der Waals surface area (Å²) in [6.45, 7) is 2.10. The van der Waals surface area contributed by atoms with E-state index in [2.05, 4.69) is 32.8 Å². The molecule has 1 aliphatic carbocycles. The Morgan fingerprint density at radius 2 is 2.10 bits per heavy atom. The number of pyridine rings is 1. The summed E-state index contributed by atoms with van der Waals surface area (Å²) in [5.41, 5.74) is 4.43. The van der Waals surface area contributed by atoms with Crippen LogP contribution in [-0.2, 0) is 11.8 Å². The van der Waals surface area contributed by atoms with Gasteiger partial charge in [0.1, 0.15) is 5.00 Å². The number of rotatable bonds is 4. The van der Waals surface area contributed by atoms with Gasteiger partial charge in [-0.15, -0.1) is 12.4 Å². The zero-order valence-electron chi connectivity index (χ0n) is 16.0. The van der Waals surface area contributed by atoms with Gasteiger partial charge in [-0.25, -0.2) is 0 Å². The largest absolute Gasteiger partial charge is 0.316 e. The number of anilines is 1. The van der Waals surface area contributed by atoms with E-state index >= 15 is 0 Å². The van der Waals surface area contributed by atoms with Gasteiger partial charge in [0.2, 0.25) is 5.91 Å². The van der Waals surface area contributed by atoms with Crippen LogP contribution in [-0.4, -0.2) is 25.0 Å². The van der Waals surface area contributed by atoms with Crippen LogP contribution in [0.2, 0.25) is 0 Å². The summed E-state index contributed by atoms with van der Waals surface area (Å²) in [6, 6.07) is 11.9. The maximum atomic E-state index is 12.5. The lowest BCUT2D eigenvalue weighted by atomic mass is 10.0. The first-order valence-electron chi connectivity index (χ1n) is 9.26. The number of nitrogens with one attached hydrogen (secondary N) is 1. The second kappa shape index (κ2) is 7.57. The number of aromatic nitrogens is 4. The van der Waals surface area contributed by atoms with Crippen LogP contribution in [0.25, 0.3) is 33.4 Å². The summed E-state index contributed by atoms with van der Waals surface area (Å²) in [5.74, 6) is 0.634. The fraction of sp³-hybridized carbons (Fsp3) is 0.238. The van der Waals surface area contributed by atoms with Gasteiger partial charge in [0.25, 0.3) is 0 Å². The maximum absolute atomic E-state index is 12.5. The van der Waals surface area contributed by atoms with Crippen molar-refractivity contribution >= 4 is 45.8 Å². The molecule has 1 saturated carbocycles. The summed E-state index contributed by atoms with van der Waals surface area (Å²) in [6.07, 6.45) is 4.70. The van der Waals surface area contributed by atoms with Crippen LogP contribution in [0.4, 0.5) is 5.00 Å². The van der Waals surface area contributed by atoms with Crippen LogP contribution in [0.3, 0.4) is 0 Å². The Balaban J connectivity index is 0.00000205. The minimum Gasteiger partial charge on any atom is -0.316 e. The molecule has 0 saturated heterocycles. The highest BCUT2D eigenvalue weighted by Gasteiger charge is 2.39. The standard InChI is InChI=1S/C21H19N5OS.ClH/c1-12-9-15(12)20(27)23-21-18(17-5-3-4-8-22-17)19(25-28-21)13-6-7-16-14(10-13)11-26(2)24-16;/h3-8,10-12,15H,9H2,1-2H3,(H,23,27);1H/t12-,15-;/m1./s1. The van der Waals surface area contributed by atoms with Crippen molar-refractivity contribution in [1.29, 1.82) is 0 Å². The van der Waals surface area contributed by atoms with Gasteiger partial charge in [-0.3, -0.25) is 14.5 Å². The van der Waals surface area contributed by atoms with Crippen molar-refractivity contribution in [3.05, 3.63) is 48.8 Å². The van der Waals surface area contributed by atoms with Crippen molar-refractivity contribution in [3.8, 4) is 22.5 Å². The molecular weight excluding hydrogens is 406 g/mol. The smallest absolute Gasteiger partial charge is 0.228 e. The van der Waals surface area contributed by atoms with Crippen LogP contribution in [0.1, 0.15) is 13.3 Å². The Morgan fingerprint density at radius 3 is 2.83 bits per heavy atom. The molecule has 0 spiro atoms. The topological polar surface area (TPSA) is 72.7 Å². The van der Waals surface area contributed by atoms with Gasteiger partial charge in [-0.05, 0) is 48.1 Å². The summed E-state index contributed by atoms with van der Waals surface area (Å²) in [7, 11) is 1.91. The van der Waals surface area contributed by atoms with Crippen LogP contribution >= 0.6 is 23.9 Å². The van der Waals surface area contributed by atoms with Gasteiger partial charge in [0.15, 0.2) is 0 Å². The van der Waals surface area contributed by atoms with E-state index in [9.17, 15) is 4.79 Å². The molecule has 29 heavy (non-hydrogen) atoms. The number of hydrogen-bond acceptors (Lipinski definition) is 5. The number of fused-ring (bicyclic) bond motifs is 1. The van der Waals surface area contributed by atoms with E-state index in [4.69, 9.17) is 0 Å². The molecule has 3 aromatic heterocycles. The molecule has 8 heteroatoms. The molecule has 0 radical (unpaired) electrons. The Bertz CT molecular complexity index is 1190.